The maximum Gasteiger partial charge on any atom is 0.273 e. The predicted molar refractivity (Wildman–Crippen MR) is 183 cm³/mol. The lowest BCUT2D eigenvalue weighted by Gasteiger charge is -2.52. The van der Waals surface area contributed by atoms with E-state index in [0.29, 0.717) is 6.61 Å². The van der Waals surface area contributed by atoms with Crippen LogP contribution in [0.1, 0.15) is 72.8 Å². The highest BCUT2D eigenvalue weighted by molar-refractivity contribution is 14.1. The highest BCUT2D eigenvalue weighted by Crippen LogP contribution is 2.45. The van der Waals surface area contributed by atoms with Gasteiger partial charge in [-0.25, -0.2) is 4.98 Å². The Bertz CT molecular complexity index is 1020. The Labute approximate surface area is 266 Å². The van der Waals surface area contributed by atoms with E-state index < -0.39 is 37.3 Å². The van der Waals surface area contributed by atoms with Gasteiger partial charge in [-0.2, -0.15) is 0 Å². The van der Waals surface area contributed by atoms with Crippen LogP contribution >= 0.6 is 22.6 Å². The van der Waals surface area contributed by atoms with Gasteiger partial charge in [0.15, 0.2) is 25.0 Å². The number of amides is 1. The Hall–Kier alpha value is -0.229. The molecule has 1 aromatic heterocycles. The molecule has 0 bridgehead atoms. The minimum atomic E-state index is -2.24. The predicted octanol–water partition coefficient (Wildman–Crippen LogP) is 7.54. The van der Waals surface area contributed by atoms with Crippen LogP contribution in [0.4, 0.5) is 0 Å². The van der Waals surface area contributed by atoms with Gasteiger partial charge in [-0.3, -0.25) is 9.78 Å². The molecular weight excluding hydrogens is 681 g/mol. The summed E-state index contributed by atoms with van der Waals surface area (Å²) in [7, 11) is -6.58. The molecule has 1 aromatic rings. The van der Waals surface area contributed by atoms with Gasteiger partial charge in [0, 0.05) is 12.4 Å². The van der Waals surface area contributed by atoms with E-state index in [9.17, 15) is 4.79 Å². The molecule has 0 aromatic carbocycles. The molecule has 0 saturated carbocycles. The Morgan fingerprint density at radius 1 is 0.854 bits per heavy atom. The van der Waals surface area contributed by atoms with Crippen molar-refractivity contribution in [3.8, 4) is 0 Å². The van der Waals surface area contributed by atoms with E-state index in [1.54, 1.807) is 6.20 Å². The molecule has 1 N–H and O–H groups in total. The number of carbonyl (C=O) groups excluding carboxylic acids is 1. The number of nitrogens with zero attached hydrogens (tertiary/aromatic N) is 2. The van der Waals surface area contributed by atoms with E-state index in [4.69, 9.17) is 18.0 Å². The first-order valence-electron chi connectivity index (χ1n) is 14.7. The van der Waals surface area contributed by atoms with Crippen molar-refractivity contribution in [3.05, 3.63) is 24.3 Å². The zero-order valence-corrected chi connectivity index (χ0v) is 33.3. The van der Waals surface area contributed by atoms with Gasteiger partial charge in [-0.05, 0) is 54.4 Å². The molecule has 0 unspecified atom stereocenters. The number of alkyl halides is 1. The van der Waals surface area contributed by atoms with Crippen molar-refractivity contribution in [2.75, 3.05) is 6.61 Å². The van der Waals surface area contributed by atoms with E-state index in [0.717, 1.165) is 0 Å². The van der Waals surface area contributed by atoms with Crippen LogP contribution in [0.5, 0.6) is 0 Å². The Morgan fingerprint density at radius 3 is 1.78 bits per heavy atom. The van der Waals surface area contributed by atoms with Gasteiger partial charge in [0.1, 0.15) is 18.0 Å². The molecule has 1 aliphatic rings. The number of aromatic nitrogens is 2. The fraction of sp³-hybridized carbons (Fsp3) is 0.828. The van der Waals surface area contributed by atoms with Crippen LogP contribution in [-0.4, -0.2) is 75.9 Å². The van der Waals surface area contributed by atoms with Crippen LogP contribution in [0.3, 0.4) is 0 Å². The first-order valence-corrected chi connectivity index (χ1v) is 24.6. The Balaban J connectivity index is 2.58. The lowest BCUT2D eigenvalue weighted by atomic mass is 10.0. The van der Waals surface area contributed by atoms with E-state index in [1.165, 1.54) is 12.4 Å². The van der Waals surface area contributed by atoms with Crippen molar-refractivity contribution >= 4 is 53.5 Å². The van der Waals surface area contributed by atoms with Gasteiger partial charge in [0.2, 0.25) is 0 Å². The minimum absolute atomic E-state index is 0.00280. The van der Waals surface area contributed by atoms with Gasteiger partial charge in [0.25, 0.3) is 5.91 Å². The Morgan fingerprint density at radius 2 is 1.34 bits per heavy atom. The summed E-state index contributed by atoms with van der Waals surface area (Å²) >= 11 is 2.38. The third-order valence-corrected chi connectivity index (χ3v) is 24.4. The molecule has 2 rings (SSSR count). The highest BCUT2D eigenvalue weighted by atomic mass is 127. The van der Waals surface area contributed by atoms with Crippen molar-refractivity contribution in [2.24, 2.45) is 0 Å². The summed E-state index contributed by atoms with van der Waals surface area (Å²) < 4.78 is 27.7. The standard InChI is InChI=1S/C29H56IN3O5Si3/c1-27(2,3)39(10,11)35-19-21-23(37-40(12,13)28(4,5)6)24(38-41(14,15)29(7,8)9)22(30)26(36-21)33-25(34)20-18-31-16-17-32-20/h16-18,21-24,26H,19H2,1-15H3,(H,33,34)/t21-,22+,23-,24-,26+/m1/s1. The lowest BCUT2D eigenvalue weighted by Crippen LogP contribution is -2.67. The van der Waals surface area contributed by atoms with Crippen LogP contribution in [0, 0.1) is 0 Å². The normalized spacial score (nSPS) is 25.2. The van der Waals surface area contributed by atoms with Crippen LogP contribution < -0.4 is 5.32 Å². The number of nitrogens with one attached hydrogen (secondary N) is 1. The van der Waals surface area contributed by atoms with Crippen LogP contribution in [-0.2, 0) is 18.0 Å². The average Bonchev–Trinajstić information content (AvgIpc) is 2.80. The van der Waals surface area contributed by atoms with E-state index >= 15 is 0 Å². The second kappa shape index (κ2) is 13.0. The number of hydrogen-bond donors (Lipinski definition) is 1. The molecule has 2 heterocycles. The maximum atomic E-state index is 13.2. The van der Waals surface area contributed by atoms with Crippen molar-refractivity contribution in [3.63, 3.8) is 0 Å². The van der Waals surface area contributed by atoms with Crippen LogP contribution in [0.25, 0.3) is 0 Å². The summed E-state index contributed by atoms with van der Waals surface area (Å²) in [6.07, 6.45) is 2.83. The molecule has 1 fully saturated rings. The van der Waals surface area contributed by atoms with Gasteiger partial charge >= 0.3 is 0 Å². The summed E-state index contributed by atoms with van der Waals surface area (Å²) in [6, 6.07) is 0. The zero-order valence-electron chi connectivity index (χ0n) is 28.1. The molecule has 8 nitrogen and oxygen atoms in total. The van der Waals surface area contributed by atoms with E-state index in [-0.39, 0.29) is 42.8 Å². The number of carbonyl (C=O) groups is 1. The summed E-state index contributed by atoms with van der Waals surface area (Å²) in [5.41, 5.74) is 0.246. The molecule has 0 aliphatic carbocycles. The summed E-state index contributed by atoms with van der Waals surface area (Å²) in [5, 5.41) is 3.12. The SMILES string of the molecule is CC(C)(C)[Si](C)(C)OC[C@H]1O[C@H](NC(=O)c2cnccn2)[C@@H](I)[C@@H](O[Si](C)(C)C(C)(C)C)[C@@H]1O[Si](C)(C)C(C)(C)C. The third-order valence-electron chi connectivity index (χ3n) is 9.57. The van der Waals surface area contributed by atoms with Crippen molar-refractivity contribution in [1.29, 1.82) is 0 Å². The van der Waals surface area contributed by atoms with Gasteiger partial charge in [-0.15, -0.1) is 0 Å². The molecule has 1 saturated heterocycles. The van der Waals surface area contributed by atoms with E-state index in [1.807, 2.05) is 0 Å². The molecule has 236 valence electrons. The maximum absolute atomic E-state index is 13.2. The van der Waals surface area contributed by atoms with Crippen LogP contribution in [0.2, 0.25) is 54.4 Å². The second-order valence-electron chi connectivity index (χ2n) is 15.9. The second-order valence-corrected chi connectivity index (χ2v) is 31.6. The van der Waals surface area contributed by atoms with Crippen LogP contribution in [0.15, 0.2) is 18.6 Å². The van der Waals surface area contributed by atoms with Crippen molar-refractivity contribution < 1.29 is 22.8 Å². The van der Waals surface area contributed by atoms with E-state index in [2.05, 4.69) is 139 Å². The Kier molecular flexibility index (Phi) is 11.7. The minimum Gasteiger partial charge on any atom is -0.414 e. The summed E-state index contributed by atoms with van der Waals surface area (Å²) in [5.74, 6) is -0.330. The molecule has 0 radical (unpaired) electrons. The zero-order chi connectivity index (χ0) is 31.8. The number of hydrogen-bond acceptors (Lipinski definition) is 7. The van der Waals surface area contributed by atoms with Crippen molar-refractivity contribution in [1.82, 2.24) is 15.3 Å². The van der Waals surface area contributed by atoms with Gasteiger partial charge in [-0.1, -0.05) is 84.9 Å². The number of halogens is 1. The molecule has 1 amide bonds. The number of ether oxygens (including phenoxy) is 1. The molecule has 5 atom stereocenters. The lowest BCUT2D eigenvalue weighted by molar-refractivity contribution is -0.167. The molecule has 0 spiro atoms. The summed E-state index contributed by atoms with van der Waals surface area (Å²) in [6.45, 7) is 34.1. The fourth-order valence-corrected chi connectivity index (χ4v) is 8.42. The molecule has 12 heteroatoms. The first kappa shape index (κ1) is 37.0. The third kappa shape index (κ3) is 9.14. The molecule has 41 heavy (non-hydrogen) atoms. The first-order chi connectivity index (χ1) is 18.3. The quantitative estimate of drug-likeness (QED) is 0.159. The molecule has 1 aliphatic heterocycles. The monoisotopic (exact) mass is 737 g/mol. The van der Waals surface area contributed by atoms with Gasteiger partial charge in [0.05, 0.1) is 28.9 Å². The van der Waals surface area contributed by atoms with Gasteiger partial charge < -0.3 is 23.3 Å². The largest absolute Gasteiger partial charge is 0.414 e. The average molecular weight is 738 g/mol. The smallest absolute Gasteiger partial charge is 0.273 e. The van der Waals surface area contributed by atoms with Crippen molar-refractivity contribution in [2.45, 2.75) is 145 Å². The fourth-order valence-electron chi connectivity index (χ4n) is 3.59. The number of rotatable bonds is 9. The topological polar surface area (TPSA) is 91.8 Å². The summed E-state index contributed by atoms with van der Waals surface area (Å²) in [4.78, 5) is 21.5. The molecular formula is C29H56IN3O5Si3. The highest BCUT2D eigenvalue weighted by Gasteiger charge is 2.54.